The van der Waals surface area contributed by atoms with Gasteiger partial charge in [-0.25, -0.2) is 14.8 Å². The van der Waals surface area contributed by atoms with E-state index in [2.05, 4.69) is 27.3 Å². The van der Waals surface area contributed by atoms with Gasteiger partial charge in [-0.15, -0.1) is 11.3 Å². The number of carboxylic acids is 1. The Morgan fingerprint density at radius 2 is 1.77 bits per heavy atom. The van der Waals surface area contributed by atoms with Crippen molar-refractivity contribution in [1.29, 1.82) is 0 Å². The number of carboxylic acid groups (broad SMARTS) is 1. The SMILES string of the molecule is O=C(O)c1ccc(C2(c3nc(-c4ccc(N5CCN(C6CC6)CC5)nc4)cs3)CCOCC2)cc1. The predicted molar refractivity (Wildman–Crippen MR) is 136 cm³/mol. The van der Waals surface area contributed by atoms with Gasteiger partial charge in [0.2, 0.25) is 0 Å². The molecular weight excluding hydrogens is 460 g/mol. The summed E-state index contributed by atoms with van der Waals surface area (Å²) < 4.78 is 5.68. The molecule has 7 nitrogen and oxygen atoms in total. The van der Waals surface area contributed by atoms with E-state index >= 15 is 0 Å². The maximum atomic E-state index is 11.3. The molecule has 0 spiro atoms. The van der Waals surface area contributed by atoms with Crippen LogP contribution in [-0.2, 0) is 10.2 Å². The van der Waals surface area contributed by atoms with E-state index in [0.29, 0.717) is 18.8 Å². The van der Waals surface area contributed by atoms with Gasteiger partial charge in [-0.05, 0) is 55.5 Å². The summed E-state index contributed by atoms with van der Waals surface area (Å²) in [6, 6.07) is 12.3. The van der Waals surface area contributed by atoms with E-state index in [-0.39, 0.29) is 5.41 Å². The molecule has 0 bridgehead atoms. The lowest BCUT2D eigenvalue weighted by molar-refractivity contribution is 0.0629. The number of thiazole rings is 1. The highest BCUT2D eigenvalue weighted by Crippen LogP contribution is 2.43. The van der Waals surface area contributed by atoms with Crippen LogP contribution in [0.25, 0.3) is 11.3 Å². The van der Waals surface area contributed by atoms with Gasteiger partial charge in [-0.2, -0.15) is 0 Å². The van der Waals surface area contributed by atoms with Crippen molar-refractivity contribution in [1.82, 2.24) is 14.9 Å². The lowest BCUT2D eigenvalue weighted by atomic mass is 9.74. The molecule has 2 saturated heterocycles. The molecule has 0 unspecified atom stereocenters. The summed E-state index contributed by atoms with van der Waals surface area (Å²) in [5, 5.41) is 12.5. The van der Waals surface area contributed by atoms with Gasteiger partial charge in [0, 0.05) is 62.6 Å². The standard InChI is InChI=1S/C27H30N4O3S/c32-25(33)19-1-4-21(5-2-19)27(9-15-34-16-10-27)26-29-23(18-35-26)20-3-8-24(28-17-20)31-13-11-30(12-14-31)22-6-7-22/h1-5,8,17-18,22H,6-7,9-16H2,(H,32,33). The highest BCUT2D eigenvalue weighted by Gasteiger charge is 2.39. The Hall–Kier alpha value is -2.81. The number of nitrogens with zero attached hydrogens (tertiary/aromatic N) is 4. The number of aromatic nitrogens is 2. The van der Waals surface area contributed by atoms with E-state index in [4.69, 9.17) is 14.7 Å². The number of aromatic carboxylic acids is 1. The second-order valence-electron chi connectivity index (χ2n) is 9.77. The van der Waals surface area contributed by atoms with Crippen molar-refractivity contribution < 1.29 is 14.6 Å². The molecule has 1 aliphatic carbocycles. The molecule has 1 saturated carbocycles. The van der Waals surface area contributed by atoms with E-state index in [1.165, 1.54) is 12.8 Å². The van der Waals surface area contributed by atoms with Crippen LogP contribution in [0.2, 0.25) is 0 Å². The molecule has 1 aromatic carbocycles. The summed E-state index contributed by atoms with van der Waals surface area (Å²) in [4.78, 5) is 26.2. The molecule has 0 radical (unpaired) electrons. The molecule has 8 heteroatoms. The second-order valence-corrected chi connectivity index (χ2v) is 10.6. The molecule has 0 atom stereocenters. The van der Waals surface area contributed by atoms with Crippen molar-refractivity contribution in [3.05, 3.63) is 64.1 Å². The number of ether oxygens (including phenoxy) is 1. The molecule has 1 N–H and O–H groups in total. The van der Waals surface area contributed by atoms with E-state index in [9.17, 15) is 9.90 Å². The van der Waals surface area contributed by atoms with Crippen molar-refractivity contribution in [2.75, 3.05) is 44.3 Å². The Kier molecular flexibility index (Phi) is 6.04. The van der Waals surface area contributed by atoms with Gasteiger partial charge in [0.15, 0.2) is 0 Å². The summed E-state index contributed by atoms with van der Waals surface area (Å²) >= 11 is 1.67. The lowest BCUT2D eigenvalue weighted by Crippen LogP contribution is -2.47. The van der Waals surface area contributed by atoms with Crippen molar-refractivity contribution in [2.24, 2.45) is 0 Å². The van der Waals surface area contributed by atoms with Crippen LogP contribution in [0, 0.1) is 0 Å². The van der Waals surface area contributed by atoms with Gasteiger partial charge in [-0.3, -0.25) is 4.90 Å². The van der Waals surface area contributed by atoms with Crippen molar-refractivity contribution >= 4 is 23.1 Å². The number of pyridine rings is 1. The smallest absolute Gasteiger partial charge is 0.335 e. The Bertz CT molecular complexity index is 1180. The maximum absolute atomic E-state index is 11.3. The van der Waals surface area contributed by atoms with Crippen molar-refractivity contribution in [2.45, 2.75) is 37.1 Å². The summed E-state index contributed by atoms with van der Waals surface area (Å²) in [5.41, 5.74) is 3.11. The van der Waals surface area contributed by atoms with Gasteiger partial charge in [0.1, 0.15) is 10.8 Å². The minimum atomic E-state index is -0.908. The van der Waals surface area contributed by atoms with Crippen LogP contribution in [0.5, 0.6) is 0 Å². The Balaban J connectivity index is 1.22. The summed E-state index contributed by atoms with van der Waals surface area (Å²) in [7, 11) is 0. The van der Waals surface area contributed by atoms with Gasteiger partial charge in [-0.1, -0.05) is 12.1 Å². The number of hydrogen-bond donors (Lipinski definition) is 1. The second kappa shape index (κ2) is 9.33. The van der Waals surface area contributed by atoms with Crippen LogP contribution in [0.3, 0.4) is 0 Å². The molecule has 3 fully saturated rings. The first-order chi connectivity index (χ1) is 17.1. The van der Waals surface area contributed by atoms with E-state index < -0.39 is 5.97 Å². The minimum Gasteiger partial charge on any atom is -0.478 e. The topological polar surface area (TPSA) is 78.8 Å². The molecule has 0 amide bonds. The van der Waals surface area contributed by atoms with Crippen LogP contribution < -0.4 is 4.90 Å². The quantitative estimate of drug-likeness (QED) is 0.552. The third kappa shape index (κ3) is 4.46. The molecule has 3 aliphatic rings. The number of rotatable bonds is 6. The van der Waals surface area contributed by atoms with Gasteiger partial charge < -0.3 is 14.7 Å². The number of benzene rings is 1. The van der Waals surface area contributed by atoms with E-state index in [1.54, 1.807) is 23.5 Å². The summed E-state index contributed by atoms with van der Waals surface area (Å²) in [6.07, 6.45) is 6.33. The lowest BCUT2D eigenvalue weighted by Gasteiger charge is -2.36. The van der Waals surface area contributed by atoms with Gasteiger partial charge >= 0.3 is 5.97 Å². The third-order valence-corrected chi connectivity index (χ3v) is 8.74. The summed E-state index contributed by atoms with van der Waals surface area (Å²) in [5.74, 6) is 0.133. The Labute approximate surface area is 209 Å². The molecule has 182 valence electrons. The number of anilines is 1. The molecule has 2 aromatic heterocycles. The monoisotopic (exact) mass is 490 g/mol. The largest absolute Gasteiger partial charge is 0.478 e. The fourth-order valence-electron chi connectivity index (χ4n) is 5.38. The highest BCUT2D eigenvalue weighted by atomic mass is 32.1. The fourth-order valence-corrected chi connectivity index (χ4v) is 6.50. The first kappa shape index (κ1) is 22.6. The molecule has 3 aromatic rings. The number of carbonyl (C=O) groups is 1. The van der Waals surface area contributed by atoms with Crippen LogP contribution in [0.15, 0.2) is 48.0 Å². The fraction of sp³-hybridized carbons (Fsp3) is 0.444. The van der Waals surface area contributed by atoms with Crippen molar-refractivity contribution in [3.8, 4) is 11.3 Å². The molecule has 6 rings (SSSR count). The van der Waals surface area contributed by atoms with Crippen molar-refractivity contribution in [3.63, 3.8) is 0 Å². The average molecular weight is 491 g/mol. The zero-order valence-corrected chi connectivity index (χ0v) is 20.5. The summed E-state index contributed by atoms with van der Waals surface area (Å²) in [6.45, 7) is 5.66. The minimum absolute atomic E-state index is 0.257. The normalized spacial score (nSPS) is 20.6. The Morgan fingerprint density at radius 1 is 1.03 bits per heavy atom. The average Bonchev–Trinajstić information content (AvgIpc) is 3.65. The van der Waals surface area contributed by atoms with E-state index in [0.717, 1.165) is 72.7 Å². The number of hydrogen-bond acceptors (Lipinski definition) is 7. The molecule has 35 heavy (non-hydrogen) atoms. The molecule has 4 heterocycles. The zero-order chi connectivity index (χ0) is 23.8. The van der Waals surface area contributed by atoms with Crippen LogP contribution in [0.1, 0.15) is 46.6 Å². The first-order valence-corrected chi connectivity index (χ1v) is 13.3. The van der Waals surface area contributed by atoms with Gasteiger partial charge in [0.05, 0.1) is 16.7 Å². The third-order valence-electron chi connectivity index (χ3n) is 7.69. The Morgan fingerprint density at radius 3 is 2.40 bits per heavy atom. The van der Waals surface area contributed by atoms with Crippen LogP contribution in [0.4, 0.5) is 5.82 Å². The molecule has 2 aliphatic heterocycles. The maximum Gasteiger partial charge on any atom is 0.335 e. The first-order valence-electron chi connectivity index (χ1n) is 12.5. The van der Waals surface area contributed by atoms with E-state index in [1.807, 2.05) is 18.3 Å². The van der Waals surface area contributed by atoms with Crippen LogP contribution >= 0.6 is 11.3 Å². The van der Waals surface area contributed by atoms with Crippen LogP contribution in [-0.4, -0.2) is 71.4 Å². The number of piperazine rings is 1. The zero-order valence-electron chi connectivity index (χ0n) is 19.7. The van der Waals surface area contributed by atoms with Gasteiger partial charge in [0.25, 0.3) is 0 Å². The highest BCUT2D eigenvalue weighted by molar-refractivity contribution is 7.10. The molecular formula is C27H30N4O3S. The predicted octanol–water partition coefficient (Wildman–Crippen LogP) is 4.28.